The zero-order valence-corrected chi connectivity index (χ0v) is 22.1. The summed E-state index contributed by atoms with van der Waals surface area (Å²) in [5, 5.41) is 2.18. The first-order valence-corrected chi connectivity index (χ1v) is 12.6. The van der Waals surface area contributed by atoms with E-state index in [0.717, 1.165) is 11.1 Å². The molecule has 11 heteroatoms. The number of nitrogens with one attached hydrogen (secondary N) is 1. The highest BCUT2D eigenvalue weighted by Crippen LogP contribution is 2.41. The molecule has 5 rings (SSSR count). The molecule has 0 fully saturated rings. The lowest BCUT2D eigenvalue weighted by molar-refractivity contribution is -0.123. The predicted molar refractivity (Wildman–Crippen MR) is 142 cm³/mol. The molecule has 0 saturated carbocycles. The van der Waals surface area contributed by atoms with Crippen LogP contribution in [0.25, 0.3) is 10.9 Å². The molecule has 0 bridgehead atoms. The van der Waals surface area contributed by atoms with Gasteiger partial charge in [0.2, 0.25) is 0 Å². The van der Waals surface area contributed by atoms with Crippen molar-refractivity contribution in [3.63, 3.8) is 0 Å². The Kier molecular flexibility index (Phi) is 7.53. The second-order valence-corrected chi connectivity index (χ2v) is 9.70. The van der Waals surface area contributed by atoms with Gasteiger partial charge in [-0.3, -0.25) is 14.6 Å². The Morgan fingerprint density at radius 1 is 1.05 bits per heavy atom. The maximum Gasteiger partial charge on any atom is 0.405 e. The molecule has 7 nitrogen and oxygen atoms in total. The lowest BCUT2D eigenvalue weighted by atomic mass is 9.94. The standard InChI is InChI=1S/C30H25F4N3O4/c1-37-14-23-24(28(38)36-16-30(32,33)34)22-12-19(11-17-3-7-20(31)8-4-17)13-35-26(22)27(25(23)29(37)39)41-15-18-5-9-21(40-2)10-6-18/h3-10,12-13H,11,14-16H2,1-2H3,(H,36,38). The molecule has 0 atom stereocenters. The van der Waals surface area contributed by atoms with Crippen LogP contribution in [0.3, 0.4) is 0 Å². The van der Waals surface area contributed by atoms with Gasteiger partial charge >= 0.3 is 6.18 Å². The zero-order chi connectivity index (χ0) is 29.3. The molecule has 212 valence electrons. The first-order chi connectivity index (χ1) is 19.5. The van der Waals surface area contributed by atoms with E-state index in [1.807, 2.05) is 5.32 Å². The Hall–Kier alpha value is -4.67. The second-order valence-electron chi connectivity index (χ2n) is 9.70. The highest BCUT2D eigenvalue weighted by molar-refractivity contribution is 6.16. The fourth-order valence-electron chi connectivity index (χ4n) is 4.79. The van der Waals surface area contributed by atoms with Crippen LogP contribution in [0, 0.1) is 5.82 Å². The minimum absolute atomic E-state index is 0.0000363. The fraction of sp³-hybridized carbons (Fsp3) is 0.233. The summed E-state index contributed by atoms with van der Waals surface area (Å²) in [5.74, 6) is -1.01. The number of fused-ring (bicyclic) bond motifs is 2. The third-order valence-corrected chi connectivity index (χ3v) is 6.76. The number of pyridine rings is 1. The number of hydrogen-bond acceptors (Lipinski definition) is 5. The van der Waals surface area contributed by atoms with E-state index >= 15 is 0 Å². The number of carbonyl (C=O) groups excluding carboxylic acids is 2. The summed E-state index contributed by atoms with van der Waals surface area (Å²) in [6.45, 7) is -1.48. The van der Waals surface area contributed by atoms with Crippen LogP contribution in [0.1, 0.15) is 43.0 Å². The van der Waals surface area contributed by atoms with Crippen molar-refractivity contribution in [2.75, 3.05) is 20.7 Å². The molecule has 0 spiro atoms. The molecule has 1 aromatic heterocycles. The molecule has 0 saturated heterocycles. The molecular weight excluding hydrogens is 542 g/mol. The van der Waals surface area contributed by atoms with Gasteiger partial charge in [0.25, 0.3) is 11.8 Å². The lowest BCUT2D eigenvalue weighted by Gasteiger charge is -2.18. The van der Waals surface area contributed by atoms with Gasteiger partial charge in [0.1, 0.15) is 30.2 Å². The smallest absolute Gasteiger partial charge is 0.405 e. The van der Waals surface area contributed by atoms with Crippen LogP contribution in [0.15, 0.2) is 60.8 Å². The Balaban J connectivity index is 1.64. The van der Waals surface area contributed by atoms with Crippen LogP contribution in [0.4, 0.5) is 17.6 Å². The largest absolute Gasteiger partial charge is 0.497 e. The van der Waals surface area contributed by atoms with Gasteiger partial charge in [0.15, 0.2) is 5.75 Å². The number of ether oxygens (including phenoxy) is 2. The van der Waals surface area contributed by atoms with E-state index in [4.69, 9.17) is 9.47 Å². The molecular formula is C30H25F4N3O4. The quantitative estimate of drug-likeness (QED) is 0.287. The number of nitrogens with zero attached hydrogens (tertiary/aromatic N) is 2. The Labute approximate surface area is 232 Å². The Morgan fingerprint density at radius 2 is 1.73 bits per heavy atom. The van der Waals surface area contributed by atoms with Gasteiger partial charge in [-0.2, -0.15) is 13.2 Å². The molecule has 2 heterocycles. The number of methoxy groups -OCH3 is 1. The fourth-order valence-corrected chi connectivity index (χ4v) is 4.79. The van der Waals surface area contributed by atoms with Crippen molar-refractivity contribution < 1.29 is 36.6 Å². The van der Waals surface area contributed by atoms with Crippen LogP contribution in [0.2, 0.25) is 0 Å². The van der Waals surface area contributed by atoms with E-state index < -0.39 is 30.4 Å². The molecule has 1 N–H and O–H groups in total. The van der Waals surface area contributed by atoms with Crippen LogP contribution in [0.5, 0.6) is 11.5 Å². The molecule has 0 unspecified atom stereocenters. The van der Waals surface area contributed by atoms with Gasteiger partial charge in [0.05, 0.1) is 18.2 Å². The summed E-state index contributed by atoms with van der Waals surface area (Å²) in [4.78, 5) is 32.4. The highest BCUT2D eigenvalue weighted by Gasteiger charge is 2.37. The van der Waals surface area contributed by atoms with E-state index in [1.165, 1.54) is 24.1 Å². The van der Waals surface area contributed by atoms with Crippen LogP contribution in [-0.2, 0) is 19.6 Å². The van der Waals surface area contributed by atoms with Crippen LogP contribution >= 0.6 is 0 Å². The normalized spacial score (nSPS) is 12.9. The predicted octanol–water partition coefficient (Wildman–Crippen LogP) is 5.43. The molecule has 0 radical (unpaired) electrons. The average Bonchev–Trinajstić information content (AvgIpc) is 3.24. The molecule has 4 aromatic rings. The number of carbonyl (C=O) groups is 2. The number of benzene rings is 3. The number of hydrogen-bond donors (Lipinski definition) is 1. The summed E-state index contributed by atoms with van der Waals surface area (Å²) in [6.07, 6.45) is -2.77. The number of rotatable bonds is 8. The van der Waals surface area contributed by atoms with Gasteiger partial charge in [-0.25, -0.2) is 4.39 Å². The number of aromatic nitrogens is 1. The highest BCUT2D eigenvalue weighted by atomic mass is 19.4. The monoisotopic (exact) mass is 567 g/mol. The SMILES string of the molecule is COc1ccc(COc2c3c(c(C(=O)NCC(F)(F)F)c4cc(Cc5ccc(F)cc5)cnc24)CN(C)C3=O)cc1. The third-order valence-electron chi connectivity index (χ3n) is 6.76. The van der Waals surface area contributed by atoms with E-state index in [2.05, 4.69) is 4.98 Å². The van der Waals surface area contributed by atoms with E-state index in [0.29, 0.717) is 17.7 Å². The maximum atomic E-state index is 13.4. The van der Waals surface area contributed by atoms with E-state index in [-0.39, 0.29) is 46.5 Å². The summed E-state index contributed by atoms with van der Waals surface area (Å²) < 4.78 is 63.8. The van der Waals surface area contributed by atoms with Crippen molar-refractivity contribution in [3.8, 4) is 11.5 Å². The topological polar surface area (TPSA) is 80.8 Å². The molecule has 3 aromatic carbocycles. The van der Waals surface area contributed by atoms with Gasteiger partial charge in [-0.15, -0.1) is 0 Å². The minimum Gasteiger partial charge on any atom is -0.497 e. The first kappa shape index (κ1) is 27.9. The van der Waals surface area contributed by atoms with Gasteiger partial charge in [0, 0.05) is 30.7 Å². The minimum atomic E-state index is -4.63. The van der Waals surface area contributed by atoms with E-state index in [1.54, 1.807) is 55.8 Å². The van der Waals surface area contributed by atoms with Crippen molar-refractivity contribution in [2.45, 2.75) is 25.7 Å². The summed E-state index contributed by atoms with van der Waals surface area (Å²) in [5.41, 5.74) is 2.62. The Bertz CT molecular complexity index is 1620. The molecule has 1 aliphatic heterocycles. The second kappa shape index (κ2) is 11.1. The van der Waals surface area contributed by atoms with E-state index in [9.17, 15) is 27.2 Å². The number of halogens is 4. The van der Waals surface area contributed by atoms with Crippen LogP contribution < -0.4 is 14.8 Å². The van der Waals surface area contributed by atoms with Crippen LogP contribution in [-0.4, -0.2) is 48.6 Å². The number of alkyl halides is 3. The molecule has 0 aliphatic carbocycles. The van der Waals surface area contributed by atoms with Gasteiger partial charge < -0.3 is 19.7 Å². The third kappa shape index (κ3) is 5.93. The van der Waals surface area contributed by atoms with Crippen molar-refractivity contribution in [1.82, 2.24) is 15.2 Å². The van der Waals surface area contributed by atoms with Crippen molar-refractivity contribution in [1.29, 1.82) is 0 Å². The molecule has 1 aliphatic rings. The zero-order valence-electron chi connectivity index (χ0n) is 22.1. The molecule has 2 amide bonds. The maximum absolute atomic E-state index is 13.4. The van der Waals surface area contributed by atoms with Crippen molar-refractivity contribution >= 4 is 22.7 Å². The Morgan fingerprint density at radius 3 is 2.39 bits per heavy atom. The van der Waals surface area contributed by atoms with Gasteiger partial charge in [-0.05, 0) is 53.4 Å². The summed E-state index contributed by atoms with van der Waals surface area (Å²) in [6, 6.07) is 14.6. The number of amides is 2. The van der Waals surface area contributed by atoms with Crippen molar-refractivity contribution in [2.24, 2.45) is 0 Å². The lowest BCUT2D eigenvalue weighted by Crippen LogP contribution is -2.34. The summed E-state index contributed by atoms with van der Waals surface area (Å²) >= 11 is 0. The molecule has 41 heavy (non-hydrogen) atoms. The summed E-state index contributed by atoms with van der Waals surface area (Å²) in [7, 11) is 3.08. The first-order valence-electron chi connectivity index (χ1n) is 12.6. The van der Waals surface area contributed by atoms with Gasteiger partial charge in [-0.1, -0.05) is 24.3 Å². The average molecular weight is 568 g/mol. The van der Waals surface area contributed by atoms with Crippen molar-refractivity contribution in [3.05, 3.63) is 100.0 Å².